The average molecular weight is 278 g/mol. The number of hydrogen-bond donors (Lipinski definition) is 2. The van der Waals surface area contributed by atoms with E-state index in [0.717, 1.165) is 13.0 Å². The van der Waals surface area contributed by atoms with Crippen LogP contribution in [0.15, 0.2) is 9.85 Å². The SMILES string of the molecule is CCC(CO)NCc1cc(C)c(Br)s1. The summed E-state index contributed by atoms with van der Waals surface area (Å²) in [6, 6.07) is 2.39. The van der Waals surface area contributed by atoms with Gasteiger partial charge in [0.25, 0.3) is 0 Å². The molecule has 0 aliphatic rings. The number of aliphatic hydroxyl groups is 1. The Hall–Kier alpha value is 0.1000. The Morgan fingerprint density at radius 3 is 2.79 bits per heavy atom. The quantitative estimate of drug-likeness (QED) is 0.868. The Morgan fingerprint density at radius 2 is 2.36 bits per heavy atom. The molecule has 1 heterocycles. The highest BCUT2D eigenvalue weighted by molar-refractivity contribution is 9.11. The number of hydrogen-bond acceptors (Lipinski definition) is 3. The topological polar surface area (TPSA) is 32.3 Å². The van der Waals surface area contributed by atoms with Gasteiger partial charge in [-0.2, -0.15) is 0 Å². The fourth-order valence-electron chi connectivity index (χ4n) is 1.19. The first-order valence-corrected chi connectivity index (χ1v) is 6.37. The van der Waals surface area contributed by atoms with Crippen molar-refractivity contribution in [1.82, 2.24) is 5.32 Å². The smallest absolute Gasteiger partial charge is 0.0730 e. The van der Waals surface area contributed by atoms with Crippen molar-refractivity contribution in [2.75, 3.05) is 6.61 Å². The minimum atomic E-state index is 0.210. The molecule has 1 rings (SSSR count). The molecule has 0 aliphatic heterocycles. The number of aryl methyl sites for hydroxylation is 1. The number of rotatable bonds is 5. The third-order valence-corrected chi connectivity index (χ3v) is 4.32. The molecule has 0 bridgehead atoms. The van der Waals surface area contributed by atoms with E-state index in [4.69, 9.17) is 5.11 Å². The maximum Gasteiger partial charge on any atom is 0.0730 e. The molecule has 1 aromatic heterocycles. The molecule has 1 unspecified atom stereocenters. The first-order valence-electron chi connectivity index (χ1n) is 4.76. The van der Waals surface area contributed by atoms with Crippen molar-refractivity contribution < 1.29 is 5.11 Å². The standard InChI is InChI=1S/C10H16BrNOS/c1-3-8(6-13)12-5-9-4-7(2)10(11)14-9/h4,8,12-13H,3,5-6H2,1-2H3. The highest BCUT2D eigenvalue weighted by Gasteiger charge is 2.06. The fourth-order valence-corrected chi connectivity index (χ4v) is 2.77. The maximum absolute atomic E-state index is 9.00. The van der Waals surface area contributed by atoms with Crippen LogP contribution in [0.2, 0.25) is 0 Å². The zero-order valence-corrected chi connectivity index (χ0v) is 10.9. The van der Waals surface area contributed by atoms with Gasteiger partial charge in [-0.15, -0.1) is 11.3 Å². The lowest BCUT2D eigenvalue weighted by molar-refractivity contribution is 0.238. The normalized spacial score (nSPS) is 13.1. The molecule has 0 aromatic carbocycles. The summed E-state index contributed by atoms with van der Waals surface area (Å²) in [4.78, 5) is 1.31. The maximum atomic E-state index is 9.00. The summed E-state index contributed by atoms with van der Waals surface area (Å²) >= 11 is 5.25. The summed E-state index contributed by atoms with van der Waals surface area (Å²) < 4.78 is 1.20. The molecule has 2 N–H and O–H groups in total. The molecular formula is C10H16BrNOS. The molecule has 1 atom stereocenters. The summed E-state index contributed by atoms with van der Waals surface area (Å²) in [6.45, 7) is 5.22. The Labute approximate surface area is 97.5 Å². The third-order valence-electron chi connectivity index (χ3n) is 2.19. The van der Waals surface area contributed by atoms with Crippen molar-refractivity contribution >= 4 is 27.3 Å². The van der Waals surface area contributed by atoms with Crippen LogP contribution in [-0.4, -0.2) is 17.8 Å². The van der Waals surface area contributed by atoms with Crippen molar-refractivity contribution in [2.45, 2.75) is 32.9 Å². The summed E-state index contributed by atoms with van der Waals surface area (Å²) in [5.41, 5.74) is 1.28. The zero-order valence-electron chi connectivity index (χ0n) is 8.51. The van der Waals surface area contributed by atoms with E-state index in [1.54, 1.807) is 11.3 Å². The third kappa shape index (κ3) is 3.35. The van der Waals surface area contributed by atoms with E-state index >= 15 is 0 Å². The predicted molar refractivity (Wildman–Crippen MR) is 64.8 cm³/mol. The molecule has 0 radical (unpaired) electrons. The lowest BCUT2D eigenvalue weighted by Crippen LogP contribution is -2.30. The van der Waals surface area contributed by atoms with E-state index in [1.807, 2.05) is 0 Å². The largest absolute Gasteiger partial charge is 0.395 e. The van der Waals surface area contributed by atoms with Crippen LogP contribution in [0.1, 0.15) is 23.8 Å². The van der Waals surface area contributed by atoms with E-state index in [9.17, 15) is 0 Å². The van der Waals surface area contributed by atoms with Gasteiger partial charge in [-0.25, -0.2) is 0 Å². The van der Waals surface area contributed by atoms with Crippen molar-refractivity contribution in [3.63, 3.8) is 0 Å². The van der Waals surface area contributed by atoms with Gasteiger partial charge in [0.1, 0.15) is 0 Å². The number of thiophene rings is 1. The van der Waals surface area contributed by atoms with E-state index in [-0.39, 0.29) is 12.6 Å². The van der Waals surface area contributed by atoms with Gasteiger partial charge in [-0.1, -0.05) is 6.92 Å². The molecular weight excluding hydrogens is 262 g/mol. The molecule has 0 fully saturated rings. The van der Waals surface area contributed by atoms with Gasteiger partial charge < -0.3 is 10.4 Å². The molecule has 0 aliphatic carbocycles. The second-order valence-electron chi connectivity index (χ2n) is 3.34. The molecule has 0 saturated heterocycles. The summed E-state index contributed by atoms with van der Waals surface area (Å²) in [6.07, 6.45) is 0.960. The molecule has 0 spiro atoms. The van der Waals surface area contributed by atoms with Crippen molar-refractivity contribution in [3.05, 3.63) is 20.3 Å². The number of aliphatic hydroxyl groups excluding tert-OH is 1. The van der Waals surface area contributed by atoms with Gasteiger partial charge in [0, 0.05) is 17.5 Å². The van der Waals surface area contributed by atoms with E-state index in [0.29, 0.717) is 0 Å². The summed E-state index contributed by atoms with van der Waals surface area (Å²) in [5, 5.41) is 12.3. The molecule has 0 amide bonds. The Bertz CT molecular complexity index is 264. The molecule has 80 valence electrons. The molecule has 1 aromatic rings. The Balaban J connectivity index is 2.45. The van der Waals surface area contributed by atoms with Gasteiger partial charge in [-0.3, -0.25) is 0 Å². The van der Waals surface area contributed by atoms with Crippen LogP contribution in [-0.2, 0) is 6.54 Å². The van der Waals surface area contributed by atoms with Gasteiger partial charge >= 0.3 is 0 Å². The van der Waals surface area contributed by atoms with Crippen LogP contribution < -0.4 is 5.32 Å². The minimum absolute atomic E-state index is 0.210. The van der Waals surface area contributed by atoms with Crippen molar-refractivity contribution in [3.8, 4) is 0 Å². The summed E-state index contributed by atoms with van der Waals surface area (Å²) in [5.74, 6) is 0. The van der Waals surface area contributed by atoms with Crippen LogP contribution in [0.25, 0.3) is 0 Å². The lowest BCUT2D eigenvalue weighted by atomic mass is 10.2. The summed E-state index contributed by atoms with van der Waals surface area (Å²) in [7, 11) is 0. The second kappa shape index (κ2) is 5.85. The highest BCUT2D eigenvalue weighted by atomic mass is 79.9. The van der Waals surface area contributed by atoms with Crippen LogP contribution in [0.5, 0.6) is 0 Å². The van der Waals surface area contributed by atoms with Gasteiger partial charge in [0.05, 0.1) is 10.4 Å². The van der Waals surface area contributed by atoms with E-state index < -0.39 is 0 Å². The Morgan fingerprint density at radius 1 is 1.64 bits per heavy atom. The lowest BCUT2D eigenvalue weighted by Gasteiger charge is -2.12. The van der Waals surface area contributed by atoms with Gasteiger partial charge in [0.15, 0.2) is 0 Å². The Kier molecular flexibility index (Phi) is 5.09. The highest BCUT2D eigenvalue weighted by Crippen LogP contribution is 2.27. The number of halogens is 1. The average Bonchev–Trinajstić information content (AvgIpc) is 2.48. The van der Waals surface area contributed by atoms with Crippen LogP contribution in [0.4, 0.5) is 0 Å². The van der Waals surface area contributed by atoms with Crippen LogP contribution in [0, 0.1) is 6.92 Å². The van der Waals surface area contributed by atoms with E-state index in [1.165, 1.54) is 14.2 Å². The van der Waals surface area contributed by atoms with Gasteiger partial charge in [-0.05, 0) is 40.9 Å². The number of nitrogens with one attached hydrogen (secondary N) is 1. The van der Waals surface area contributed by atoms with Crippen LogP contribution in [0.3, 0.4) is 0 Å². The van der Waals surface area contributed by atoms with Crippen LogP contribution >= 0.6 is 27.3 Å². The zero-order chi connectivity index (χ0) is 10.6. The predicted octanol–water partition coefficient (Wildman–Crippen LogP) is 2.68. The molecule has 14 heavy (non-hydrogen) atoms. The van der Waals surface area contributed by atoms with E-state index in [2.05, 4.69) is 41.2 Å². The first-order chi connectivity index (χ1) is 6.67. The monoisotopic (exact) mass is 277 g/mol. The fraction of sp³-hybridized carbons (Fsp3) is 0.600. The molecule has 2 nitrogen and oxygen atoms in total. The minimum Gasteiger partial charge on any atom is -0.395 e. The van der Waals surface area contributed by atoms with Crippen molar-refractivity contribution in [2.24, 2.45) is 0 Å². The van der Waals surface area contributed by atoms with Crippen molar-refractivity contribution in [1.29, 1.82) is 0 Å². The van der Waals surface area contributed by atoms with Gasteiger partial charge in [0.2, 0.25) is 0 Å². The molecule has 4 heteroatoms. The second-order valence-corrected chi connectivity index (χ2v) is 5.79. The first kappa shape index (κ1) is 12.2. The molecule has 0 saturated carbocycles.